The van der Waals surface area contributed by atoms with Crippen molar-refractivity contribution in [2.45, 2.75) is 26.7 Å². The van der Waals surface area contributed by atoms with E-state index in [2.05, 4.69) is 14.7 Å². The Hall–Kier alpha value is -3.27. The van der Waals surface area contributed by atoms with Gasteiger partial charge >= 0.3 is 6.01 Å². The van der Waals surface area contributed by atoms with Crippen molar-refractivity contribution >= 4 is 15.8 Å². The first-order chi connectivity index (χ1) is 14.7. The fourth-order valence-corrected chi connectivity index (χ4v) is 4.00. The first-order valence-electron chi connectivity index (χ1n) is 9.74. The van der Waals surface area contributed by atoms with Crippen LogP contribution in [0, 0.1) is 5.82 Å². The maximum atomic E-state index is 14.4. The van der Waals surface area contributed by atoms with E-state index >= 15 is 0 Å². The summed E-state index contributed by atoms with van der Waals surface area (Å²) in [7, 11) is -2.05. The molecule has 0 amide bonds. The number of hydrogen-bond donors (Lipinski definition) is 1. The first-order valence-corrected chi connectivity index (χ1v) is 11.4. The number of rotatable bonds is 8. The molecular formula is C21H23FN4O4S. The molecule has 0 saturated heterocycles. The number of pyridine rings is 1. The molecule has 0 aliphatic carbocycles. The number of ether oxygens (including phenoxy) is 1. The molecule has 3 aromatic rings. The summed E-state index contributed by atoms with van der Waals surface area (Å²) in [6, 6.07) is 8.69. The molecule has 2 aromatic heterocycles. The minimum atomic E-state index is -3.63. The van der Waals surface area contributed by atoms with E-state index in [9.17, 15) is 17.6 Å². The van der Waals surface area contributed by atoms with Crippen molar-refractivity contribution in [3.63, 3.8) is 0 Å². The first kappa shape index (κ1) is 22.4. The lowest BCUT2D eigenvalue weighted by atomic mass is 10.1. The molecular weight excluding hydrogens is 423 g/mol. The van der Waals surface area contributed by atoms with E-state index in [4.69, 9.17) is 4.74 Å². The molecule has 0 saturated carbocycles. The lowest BCUT2D eigenvalue weighted by Gasteiger charge is -2.13. The number of nitrogens with zero attached hydrogens (tertiary/aromatic N) is 3. The Morgan fingerprint density at radius 1 is 1.16 bits per heavy atom. The van der Waals surface area contributed by atoms with Crippen LogP contribution in [0.2, 0.25) is 0 Å². The van der Waals surface area contributed by atoms with Crippen molar-refractivity contribution in [1.82, 2.24) is 14.5 Å². The van der Waals surface area contributed by atoms with Gasteiger partial charge in [-0.25, -0.2) is 12.8 Å². The topological polar surface area (TPSA) is 103 Å². The molecule has 31 heavy (non-hydrogen) atoms. The zero-order chi connectivity index (χ0) is 22.6. The molecule has 8 nitrogen and oxygen atoms in total. The number of nitrogens with one attached hydrogen (secondary N) is 1. The Labute approximate surface area is 179 Å². The number of para-hydroxylation sites is 1. The number of aromatic nitrogens is 3. The van der Waals surface area contributed by atoms with Gasteiger partial charge in [0.2, 0.25) is 15.6 Å². The zero-order valence-electron chi connectivity index (χ0n) is 17.4. The summed E-state index contributed by atoms with van der Waals surface area (Å²) >= 11 is 0. The van der Waals surface area contributed by atoms with Gasteiger partial charge in [-0.1, -0.05) is 26.0 Å². The summed E-state index contributed by atoms with van der Waals surface area (Å²) in [6.45, 7) is 3.60. The minimum Gasteiger partial charge on any atom is -0.421 e. The van der Waals surface area contributed by atoms with Gasteiger partial charge in [0.05, 0.1) is 11.4 Å². The van der Waals surface area contributed by atoms with Crippen molar-refractivity contribution in [2.24, 2.45) is 7.05 Å². The summed E-state index contributed by atoms with van der Waals surface area (Å²) in [4.78, 5) is 20.1. The van der Waals surface area contributed by atoms with E-state index < -0.39 is 15.8 Å². The average Bonchev–Trinajstić information content (AvgIpc) is 2.71. The van der Waals surface area contributed by atoms with Crippen LogP contribution in [0.1, 0.15) is 25.8 Å². The molecule has 0 fully saturated rings. The van der Waals surface area contributed by atoms with Crippen LogP contribution in [0.15, 0.2) is 47.4 Å². The number of sulfonamides is 1. The van der Waals surface area contributed by atoms with Crippen molar-refractivity contribution in [1.29, 1.82) is 0 Å². The van der Waals surface area contributed by atoms with E-state index in [1.165, 1.54) is 22.8 Å². The summed E-state index contributed by atoms with van der Waals surface area (Å²) < 4.78 is 48.3. The summed E-state index contributed by atoms with van der Waals surface area (Å²) in [5.41, 5.74) is 1.25. The molecule has 0 radical (unpaired) electrons. The third-order valence-corrected chi connectivity index (χ3v) is 5.91. The van der Waals surface area contributed by atoms with Crippen molar-refractivity contribution in [3.8, 4) is 23.0 Å². The molecule has 3 rings (SSSR count). The Morgan fingerprint density at radius 2 is 1.94 bits per heavy atom. The maximum Gasteiger partial charge on any atom is 0.324 e. The van der Waals surface area contributed by atoms with Crippen LogP contribution in [-0.2, 0) is 23.5 Å². The Balaban J connectivity index is 2.11. The molecule has 0 aliphatic rings. The van der Waals surface area contributed by atoms with Crippen LogP contribution in [0.25, 0.3) is 11.3 Å². The van der Waals surface area contributed by atoms with Crippen LogP contribution in [-0.4, -0.2) is 28.7 Å². The van der Waals surface area contributed by atoms with Gasteiger partial charge in [-0.3, -0.25) is 9.52 Å². The highest BCUT2D eigenvalue weighted by Gasteiger charge is 2.17. The van der Waals surface area contributed by atoms with Crippen LogP contribution >= 0.6 is 0 Å². The normalized spacial score (nSPS) is 11.4. The number of anilines is 1. The van der Waals surface area contributed by atoms with Gasteiger partial charge in [0.25, 0.3) is 0 Å². The van der Waals surface area contributed by atoms with Crippen LogP contribution in [0.4, 0.5) is 10.2 Å². The second-order valence-electron chi connectivity index (χ2n) is 6.89. The summed E-state index contributed by atoms with van der Waals surface area (Å²) in [5, 5.41) is 0. The molecule has 1 aromatic carbocycles. The highest BCUT2D eigenvalue weighted by atomic mass is 32.2. The van der Waals surface area contributed by atoms with Gasteiger partial charge in [0.15, 0.2) is 11.6 Å². The molecule has 0 spiro atoms. The summed E-state index contributed by atoms with van der Waals surface area (Å²) in [5.74, 6) is -0.708. The average molecular weight is 447 g/mol. The van der Waals surface area contributed by atoms with Crippen LogP contribution in [0.3, 0.4) is 0 Å². The van der Waals surface area contributed by atoms with Crippen molar-refractivity contribution in [3.05, 3.63) is 64.3 Å². The van der Waals surface area contributed by atoms with E-state index in [1.807, 2.05) is 6.92 Å². The highest BCUT2D eigenvalue weighted by Crippen LogP contribution is 2.29. The van der Waals surface area contributed by atoms with E-state index in [0.29, 0.717) is 29.7 Å². The minimum absolute atomic E-state index is 0.0170. The number of aryl methyl sites for hydroxylation is 2. The van der Waals surface area contributed by atoms with Crippen LogP contribution < -0.4 is 15.0 Å². The highest BCUT2D eigenvalue weighted by molar-refractivity contribution is 7.92. The molecule has 164 valence electrons. The van der Waals surface area contributed by atoms with Crippen molar-refractivity contribution < 1.29 is 17.5 Å². The third kappa shape index (κ3) is 5.46. The van der Waals surface area contributed by atoms with Crippen LogP contribution in [0.5, 0.6) is 11.8 Å². The monoisotopic (exact) mass is 446 g/mol. The number of hydrogen-bond acceptors (Lipinski definition) is 6. The second kappa shape index (κ2) is 9.25. The summed E-state index contributed by atoms with van der Waals surface area (Å²) in [6.07, 6.45) is 2.50. The Kier molecular flexibility index (Phi) is 6.69. The zero-order valence-corrected chi connectivity index (χ0v) is 18.2. The van der Waals surface area contributed by atoms with Gasteiger partial charge in [0.1, 0.15) is 5.82 Å². The van der Waals surface area contributed by atoms with Gasteiger partial charge in [-0.15, -0.1) is 0 Å². The molecule has 1 N–H and O–H groups in total. The SMILES string of the molecule is CCCS(=O)(=O)Nc1cc(-c2ccc(=O)n(C)c2)nc(Oc2c(F)cccc2CC)n1. The molecule has 10 heteroatoms. The Bertz CT molecular complexity index is 1260. The predicted octanol–water partition coefficient (Wildman–Crippen LogP) is 3.49. The Morgan fingerprint density at radius 3 is 2.61 bits per heavy atom. The third-order valence-electron chi connectivity index (χ3n) is 4.44. The van der Waals surface area contributed by atoms with E-state index in [1.54, 1.807) is 38.4 Å². The molecule has 0 aliphatic heterocycles. The molecule has 0 bridgehead atoms. The largest absolute Gasteiger partial charge is 0.421 e. The molecule has 0 unspecified atom stereocenters. The van der Waals surface area contributed by atoms with Gasteiger partial charge in [-0.05, 0) is 30.5 Å². The van der Waals surface area contributed by atoms with Gasteiger partial charge < -0.3 is 9.30 Å². The smallest absolute Gasteiger partial charge is 0.324 e. The number of halogens is 1. The van der Waals surface area contributed by atoms with E-state index in [0.717, 1.165) is 0 Å². The number of benzene rings is 1. The van der Waals surface area contributed by atoms with Crippen molar-refractivity contribution in [2.75, 3.05) is 10.5 Å². The second-order valence-corrected chi connectivity index (χ2v) is 8.73. The predicted molar refractivity (Wildman–Crippen MR) is 116 cm³/mol. The fourth-order valence-electron chi connectivity index (χ4n) is 2.93. The maximum absolute atomic E-state index is 14.4. The van der Waals surface area contributed by atoms with Gasteiger partial charge in [-0.2, -0.15) is 9.97 Å². The standard InChI is InChI=1S/C21H23FN4O4S/c1-4-11-31(28,29)25-18-12-17(15-9-10-19(27)26(3)13-15)23-21(24-18)30-20-14(5-2)7-6-8-16(20)22/h6-10,12-13H,4-5,11H2,1-3H3,(H,23,24,25). The fraction of sp³-hybridized carbons (Fsp3) is 0.286. The molecule has 0 atom stereocenters. The van der Waals surface area contributed by atoms with E-state index in [-0.39, 0.29) is 28.9 Å². The molecule has 2 heterocycles. The lowest BCUT2D eigenvalue weighted by Crippen LogP contribution is -2.17. The lowest BCUT2D eigenvalue weighted by molar-refractivity contribution is 0.407. The quantitative estimate of drug-likeness (QED) is 0.568. The van der Waals surface area contributed by atoms with Gasteiger partial charge in [0, 0.05) is 30.9 Å².